The number of hydrogen-bond acceptors (Lipinski definition) is 5. The molecule has 1 unspecified atom stereocenters. The smallest absolute Gasteiger partial charge is 0.315 e. The van der Waals surface area contributed by atoms with Gasteiger partial charge in [-0.1, -0.05) is 66.7 Å². The van der Waals surface area contributed by atoms with E-state index in [1.165, 1.54) is 0 Å². The number of carboxylic acid groups (broad SMARTS) is 1. The van der Waals surface area contributed by atoms with Crippen LogP contribution in [0.15, 0.2) is 78.9 Å². The topological polar surface area (TPSA) is 146 Å². The van der Waals surface area contributed by atoms with E-state index in [0.29, 0.717) is 31.5 Å². The van der Waals surface area contributed by atoms with E-state index >= 15 is 0 Å². The van der Waals surface area contributed by atoms with E-state index < -0.39 is 17.9 Å². The highest BCUT2D eigenvalue weighted by molar-refractivity contribution is 5.85. The second kappa shape index (κ2) is 16.3. The number of ether oxygens (including phenoxy) is 1. The monoisotopic (exact) mass is 560 g/mol. The summed E-state index contributed by atoms with van der Waals surface area (Å²) in [6, 6.07) is 23.5. The molecule has 41 heavy (non-hydrogen) atoms. The van der Waals surface area contributed by atoms with Gasteiger partial charge in [-0.2, -0.15) is 0 Å². The van der Waals surface area contributed by atoms with Crippen molar-refractivity contribution in [1.82, 2.24) is 21.3 Å². The molecule has 3 aromatic carbocycles. The number of amides is 4. The predicted octanol–water partition coefficient (Wildman–Crippen LogP) is 3.78. The highest BCUT2D eigenvalue weighted by Gasteiger charge is 2.18. The van der Waals surface area contributed by atoms with E-state index in [1.807, 2.05) is 66.7 Å². The van der Waals surface area contributed by atoms with Crippen molar-refractivity contribution in [1.29, 1.82) is 0 Å². The molecule has 3 aromatic rings. The minimum Gasteiger partial charge on any atom is -0.497 e. The zero-order chi connectivity index (χ0) is 29.5. The first-order chi connectivity index (χ1) is 19.8. The lowest BCUT2D eigenvalue weighted by Gasteiger charge is -2.18. The first-order valence-electron chi connectivity index (χ1n) is 13.4. The Hall–Kier alpha value is -4.86. The number of urea groups is 1. The summed E-state index contributed by atoms with van der Waals surface area (Å²) in [7, 11) is 1.59. The van der Waals surface area contributed by atoms with Gasteiger partial charge < -0.3 is 31.1 Å². The molecule has 0 saturated heterocycles. The van der Waals surface area contributed by atoms with Crippen LogP contribution in [0.2, 0.25) is 0 Å². The molecule has 0 spiro atoms. The number of unbranched alkanes of at least 4 members (excludes halogenated alkanes) is 1. The van der Waals surface area contributed by atoms with E-state index in [9.17, 15) is 24.3 Å². The van der Waals surface area contributed by atoms with Crippen molar-refractivity contribution < 1.29 is 29.0 Å². The highest BCUT2D eigenvalue weighted by atomic mass is 16.5. The van der Waals surface area contributed by atoms with Gasteiger partial charge in [0.1, 0.15) is 5.75 Å². The summed E-state index contributed by atoms with van der Waals surface area (Å²) in [5, 5.41) is 20.1. The lowest BCUT2D eigenvalue weighted by atomic mass is 9.99. The fraction of sp³-hybridized carbons (Fsp3) is 0.290. The van der Waals surface area contributed by atoms with E-state index in [2.05, 4.69) is 21.3 Å². The molecule has 0 heterocycles. The molecule has 216 valence electrons. The average molecular weight is 561 g/mol. The Labute approximate surface area is 239 Å². The van der Waals surface area contributed by atoms with Crippen LogP contribution in [0, 0.1) is 0 Å². The third-order valence-electron chi connectivity index (χ3n) is 6.31. The normalized spacial score (nSPS) is 11.1. The summed E-state index contributed by atoms with van der Waals surface area (Å²) < 4.78 is 5.11. The third-order valence-corrected chi connectivity index (χ3v) is 6.31. The van der Waals surface area contributed by atoms with Crippen LogP contribution in [0.1, 0.15) is 42.9 Å². The zero-order valence-corrected chi connectivity index (χ0v) is 23.0. The fourth-order valence-electron chi connectivity index (χ4n) is 4.08. The molecule has 0 aliphatic rings. The maximum atomic E-state index is 12.5. The molecule has 3 rings (SSSR count). The van der Waals surface area contributed by atoms with Gasteiger partial charge >= 0.3 is 12.0 Å². The Balaban J connectivity index is 1.33. The molecular weight excluding hydrogens is 524 g/mol. The molecule has 4 amide bonds. The molecule has 5 N–H and O–H groups in total. The zero-order valence-electron chi connectivity index (χ0n) is 23.0. The standard InChI is InChI=1S/C31H36N4O6/c1-41-26-16-10-22(11-17-26)20-34-31(40)32-18-6-5-9-28(36)33-21-29(37)35-27(19-30(38)39)25-14-12-24(13-15-25)23-7-3-2-4-8-23/h2-4,7-8,10-17,27H,5-6,9,18-21H2,1H3,(H,33,36)(H,35,37)(H,38,39)(H2,32,34,40). The van der Waals surface area contributed by atoms with Gasteiger partial charge in [-0.25, -0.2) is 4.79 Å². The van der Waals surface area contributed by atoms with Crippen molar-refractivity contribution in [2.75, 3.05) is 20.2 Å². The second-order valence-corrected chi connectivity index (χ2v) is 9.40. The number of carboxylic acids is 1. The number of nitrogens with one attached hydrogen (secondary N) is 4. The SMILES string of the molecule is COc1ccc(CNC(=O)NCCCCC(=O)NCC(=O)NC(CC(=O)O)c2ccc(-c3ccccc3)cc2)cc1. The van der Waals surface area contributed by atoms with Gasteiger partial charge in [0.25, 0.3) is 0 Å². The first kappa shape index (κ1) is 30.7. The van der Waals surface area contributed by atoms with Crippen LogP contribution in [-0.2, 0) is 20.9 Å². The maximum absolute atomic E-state index is 12.5. The van der Waals surface area contributed by atoms with Gasteiger partial charge in [-0.3, -0.25) is 14.4 Å². The number of benzene rings is 3. The first-order valence-corrected chi connectivity index (χ1v) is 13.4. The van der Waals surface area contributed by atoms with Crippen LogP contribution in [-0.4, -0.2) is 49.1 Å². The summed E-state index contributed by atoms with van der Waals surface area (Å²) in [6.45, 7) is 0.526. The van der Waals surface area contributed by atoms with Gasteiger partial charge in [-0.15, -0.1) is 0 Å². The molecule has 0 saturated carbocycles. The molecule has 0 radical (unpaired) electrons. The lowest BCUT2D eigenvalue weighted by Crippen LogP contribution is -2.39. The molecule has 1 atom stereocenters. The van der Waals surface area contributed by atoms with Crippen LogP contribution in [0.3, 0.4) is 0 Å². The second-order valence-electron chi connectivity index (χ2n) is 9.40. The Morgan fingerprint density at radius 3 is 2.12 bits per heavy atom. The number of carbonyl (C=O) groups is 4. The molecule has 0 aliphatic carbocycles. The Morgan fingerprint density at radius 2 is 1.46 bits per heavy atom. The van der Waals surface area contributed by atoms with Crippen LogP contribution in [0.25, 0.3) is 11.1 Å². The largest absolute Gasteiger partial charge is 0.497 e. The predicted molar refractivity (Wildman–Crippen MR) is 155 cm³/mol. The van der Waals surface area contributed by atoms with Gasteiger partial charge in [0.2, 0.25) is 11.8 Å². The summed E-state index contributed by atoms with van der Waals surface area (Å²) in [6.07, 6.45) is 1.03. The Morgan fingerprint density at radius 1 is 0.780 bits per heavy atom. The van der Waals surface area contributed by atoms with Gasteiger partial charge in [0.15, 0.2) is 0 Å². The molecule has 10 nitrogen and oxygen atoms in total. The van der Waals surface area contributed by atoms with E-state index in [1.54, 1.807) is 19.2 Å². The van der Waals surface area contributed by atoms with E-state index in [4.69, 9.17) is 4.74 Å². The number of methoxy groups -OCH3 is 1. The molecule has 0 aliphatic heterocycles. The fourth-order valence-corrected chi connectivity index (χ4v) is 4.08. The van der Waals surface area contributed by atoms with Crippen molar-refractivity contribution in [3.8, 4) is 16.9 Å². The van der Waals surface area contributed by atoms with Crippen LogP contribution >= 0.6 is 0 Å². The minimum absolute atomic E-state index is 0.196. The van der Waals surface area contributed by atoms with Crippen molar-refractivity contribution in [2.24, 2.45) is 0 Å². The van der Waals surface area contributed by atoms with Crippen molar-refractivity contribution in [2.45, 2.75) is 38.3 Å². The van der Waals surface area contributed by atoms with Crippen LogP contribution in [0.4, 0.5) is 4.79 Å². The highest BCUT2D eigenvalue weighted by Crippen LogP contribution is 2.23. The van der Waals surface area contributed by atoms with Crippen molar-refractivity contribution >= 4 is 23.8 Å². The number of rotatable bonds is 15. The van der Waals surface area contributed by atoms with Gasteiger partial charge in [-0.05, 0) is 47.2 Å². The Kier molecular flexibility index (Phi) is 12.2. The summed E-state index contributed by atoms with van der Waals surface area (Å²) >= 11 is 0. The molecule has 0 fully saturated rings. The third kappa shape index (κ3) is 11.0. The molecule has 0 bridgehead atoms. The maximum Gasteiger partial charge on any atom is 0.315 e. The van der Waals surface area contributed by atoms with Gasteiger partial charge in [0, 0.05) is 19.5 Å². The number of hydrogen-bond donors (Lipinski definition) is 5. The van der Waals surface area contributed by atoms with E-state index in [0.717, 1.165) is 22.4 Å². The minimum atomic E-state index is -1.05. The molecule has 0 aromatic heterocycles. The molecular formula is C31H36N4O6. The summed E-state index contributed by atoms with van der Waals surface area (Å²) in [5.74, 6) is -1.08. The molecule has 10 heteroatoms. The van der Waals surface area contributed by atoms with E-state index in [-0.39, 0.29) is 31.3 Å². The quantitative estimate of drug-likeness (QED) is 0.179. The van der Waals surface area contributed by atoms with Crippen molar-refractivity contribution in [3.05, 3.63) is 90.0 Å². The van der Waals surface area contributed by atoms with Gasteiger partial charge in [0.05, 0.1) is 26.1 Å². The Bertz CT molecular complexity index is 1280. The summed E-state index contributed by atoms with van der Waals surface area (Å²) in [4.78, 5) is 48.0. The van der Waals surface area contributed by atoms with Crippen LogP contribution < -0.4 is 26.0 Å². The number of carbonyl (C=O) groups excluding carboxylic acids is 3. The lowest BCUT2D eigenvalue weighted by molar-refractivity contribution is -0.138. The van der Waals surface area contributed by atoms with Crippen LogP contribution in [0.5, 0.6) is 5.75 Å². The summed E-state index contributed by atoms with van der Waals surface area (Å²) in [5.41, 5.74) is 3.61. The average Bonchev–Trinajstić information content (AvgIpc) is 2.99. The van der Waals surface area contributed by atoms with Crippen molar-refractivity contribution in [3.63, 3.8) is 0 Å². The number of aliphatic carboxylic acids is 1.